The van der Waals surface area contributed by atoms with Crippen molar-refractivity contribution >= 4 is 52.1 Å². The highest BCUT2D eigenvalue weighted by molar-refractivity contribution is 6.55. The fourth-order valence-corrected chi connectivity index (χ4v) is 2.44. The van der Waals surface area contributed by atoms with E-state index in [1.807, 2.05) is 39.8 Å². The van der Waals surface area contributed by atoms with Crippen LogP contribution in [0.3, 0.4) is 0 Å². The number of nitrogens with zero attached hydrogens (tertiary/aromatic N) is 1. The number of rotatable bonds is 11. The third-order valence-corrected chi connectivity index (χ3v) is 3.82. The van der Waals surface area contributed by atoms with Crippen molar-refractivity contribution in [3.63, 3.8) is 0 Å². The van der Waals surface area contributed by atoms with Gasteiger partial charge in [-0.05, 0) is 39.8 Å². The van der Waals surface area contributed by atoms with Crippen LogP contribution < -0.4 is 9.47 Å². The van der Waals surface area contributed by atoms with E-state index in [4.69, 9.17) is 65.5 Å². The van der Waals surface area contributed by atoms with Crippen LogP contribution in [-0.4, -0.2) is 37.7 Å². The SMILES string of the molecule is CC(COCC=CCOc1c(Cl)cc(OCC=C(Cl)Cl)cc1Cl)=NOC(C)(C)C. The summed E-state index contributed by atoms with van der Waals surface area (Å²) in [6, 6.07) is 3.21. The van der Waals surface area contributed by atoms with Crippen molar-refractivity contribution in [1.29, 1.82) is 0 Å². The summed E-state index contributed by atoms with van der Waals surface area (Å²) in [7, 11) is 0. The van der Waals surface area contributed by atoms with E-state index in [9.17, 15) is 0 Å². The lowest BCUT2D eigenvalue weighted by Crippen LogP contribution is -2.17. The predicted molar refractivity (Wildman–Crippen MR) is 121 cm³/mol. The second kappa shape index (κ2) is 13.2. The van der Waals surface area contributed by atoms with Gasteiger partial charge in [-0.2, -0.15) is 0 Å². The zero-order valence-corrected chi connectivity index (χ0v) is 19.8. The molecule has 5 nitrogen and oxygen atoms in total. The first kappa shape index (κ1) is 25.9. The number of hydrogen-bond acceptors (Lipinski definition) is 5. The molecule has 0 amide bonds. The van der Waals surface area contributed by atoms with Crippen LogP contribution in [0.4, 0.5) is 0 Å². The molecule has 1 aromatic carbocycles. The van der Waals surface area contributed by atoms with Crippen molar-refractivity contribution < 1.29 is 19.0 Å². The van der Waals surface area contributed by atoms with Gasteiger partial charge in [-0.15, -0.1) is 0 Å². The van der Waals surface area contributed by atoms with E-state index in [-0.39, 0.29) is 23.3 Å². The fourth-order valence-electron chi connectivity index (χ4n) is 1.74. The molecule has 0 radical (unpaired) electrons. The molecule has 0 aromatic heterocycles. The summed E-state index contributed by atoms with van der Waals surface area (Å²) in [5.41, 5.74) is 0.439. The van der Waals surface area contributed by atoms with E-state index in [1.165, 1.54) is 6.08 Å². The van der Waals surface area contributed by atoms with Crippen LogP contribution in [0.15, 0.2) is 40.0 Å². The number of halogens is 4. The van der Waals surface area contributed by atoms with Crippen LogP contribution in [0.1, 0.15) is 27.7 Å². The van der Waals surface area contributed by atoms with Gasteiger partial charge < -0.3 is 19.0 Å². The fraction of sp³-hybridized carbons (Fsp3) is 0.450. The Morgan fingerprint density at radius 2 is 1.62 bits per heavy atom. The Morgan fingerprint density at radius 3 is 2.21 bits per heavy atom. The highest BCUT2D eigenvalue weighted by atomic mass is 35.5. The standard InChI is InChI=1S/C20H25Cl4NO4/c1-14(25-29-20(2,3)4)13-26-8-5-6-9-28-19-16(21)11-15(12-17(19)22)27-10-7-18(23)24/h5-7,11-12H,8-10,13H2,1-4H3. The second-order valence-corrected chi connectivity index (χ2v) is 8.67. The molecule has 0 heterocycles. The number of benzene rings is 1. The summed E-state index contributed by atoms with van der Waals surface area (Å²) in [6.07, 6.45) is 5.15. The highest BCUT2D eigenvalue weighted by Gasteiger charge is 2.11. The summed E-state index contributed by atoms with van der Waals surface area (Å²) in [4.78, 5) is 5.32. The van der Waals surface area contributed by atoms with Gasteiger partial charge in [0.15, 0.2) is 5.75 Å². The summed E-state index contributed by atoms with van der Waals surface area (Å²) in [5, 5.41) is 4.68. The summed E-state index contributed by atoms with van der Waals surface area (Å²) in [6.45, 7) is 8.92. The number of hydrogen-bond donors (Lipinski definition) is 0. The average molecular weight is 485 g/mol. The molecule has 0 unspecified atom stereocenters. The van der Waals surface area contributed by atoms with Crippen LogP contribution in [0.5, 0.6) is 11.5 Å². The third kappa shape index (κ3) is 12.2. The molecule has 0 aliphatic heterocycles. The molecule has 0 saturated heterocycles. The lowest BCUT2D eigenvalue weighted by Gasteiger charge is -2.16. The Balaban J connectivity index is 2.39. The Hall–Kier alpha value is -1.11. The molecule has 0 fully saturated rings. The van der Waals surface area contributed by atoms with Gasteiger partial charge in [-0.1, -0.05) is 57.6 Å². The van der Waals surface area contributed by atoms with Gasteiger partial charge >= 0.3 is 0 Å². The van der Waals surface area contributed by atoms with E-state index in [0.717, 1.165) is 5.71 Å². The predicted octanol–water partition coefficient (Wildman–Crippen LogP) is 6.83. The number of ether oxygens (including phenoxy) is 3. The first-order valence-electron chi connectivity index (χ1n) is 8.78. The van der Waals surface area contributed by atoms with Gasteiger partial charge in [-0.3, -0.25) is 0 Å². The van der Waals surface area contributed by atoms with E-state index < -0.39 is 0 Å². The molecule has 1 rings (SSSR count). The van der Waals surface area contributed by atoms with Crippen molar-refractivity contribution in [1.82, 2.24) is 0 Å². The van der Waals surface area contributed by atoms with E-state index >= 15 is 0 Å². The monoisotopic (exact) mass is 483 g/mol. The molecule has 0 atom stereocenters. The summed E-state index contributed by atoms with van der Waals surface area (Å²) in [5.74, 6) is 0.856. The van der Waals surface area contributed by atoms with E-state index in [2.05, 4.69) is 5.16 Å². The topological polar surface area (TPSA) is 49.3 Å². The quantitative estimate of drug-likeness (QED) is 0.149. The molecule has 0 aliphatic carbocycles. The summed E-state index contributed by atoms with van der Waals surface area (Å²) < 4.78 is 16.7. The Bertz CT molecular complexity index is 715. The Morgan fingerprint density at radius 1 is 1.00 bits per heavy atom. The molecule has 162 valence electrons. The molecule has 9 heteroatoms. The molecular formula is C20H25Cl4NO4. The van der Waals surface area contributed by atoms with Gasteiger partial charge in [-0.25, -0.2) is 0 Å². The van der Waals surface area contributed by atoms with Gasteiger partial charge in [0.1, 0.15) is 29.1 Å². The van der Waals surface area contributed by atoms with Crippen molar-refractivity contribution in [3.05, 3.63) is 44.9 Å². The lowest BCUT2D eigenvalue weighted by molar-refractivity contribution is -0.000463. The normalized spacial score (nSPS) is 12.2. The maximum absolute atomic E-state index is 6.20. The van der Waals surface area contributed by atoms with Crippen LogP contribution >= 0.6 is 46.4 Å². The van der Waals surface area contributed by atoms with Crippen LogP contribution in [-0.2, 0) is 9.57 Å². The third-order valence-electron chi connectivity index (χ3n) is 2.95. The van der Waals surface area contributed by atoms with Gasteiger partial charge in [0.05, 0.1) is 29.0 Å². The maximum Gasteiger partial charge on any atom is 0.157 e. The van der Waals surface area contributed by atoms with Crippen molar-refractivity contribution in [3.8, 4) is 11.5 Å². The molecule has 0 aliphatic rings. The first-order valence-corrected chi connectivity index (χ1v) is 10.3. The molecule has 0 saturated carbocycles. The zero-order valence-electron chi connectivity index (χ0n) is 16.8. The number of oxime groups is 1. The maximum atomic E-state index is 6.20. The Kier molecular flexibility index (Phi) is 11.8. The zero-order chi connectivity index (χ0) is 21.9. The van der Waals surface area contributed by atoms with E-state index in [0.29, 0.717) is 34.8 Å². The minimum Gasteiger partial charge on any atom is -0.489 e. The van der Waals surface area contributed by atoms with E-state index in [1.54, 1.807) is 12.1 Å². The minimum absolute atomic E-state index is 0.124. The highest BCUT2D eigenvalue weighted by Crippen LogP contribution is 2.37. The average Bonchev–Trinajstić information content (AvgIpc) is 2.60. The summed E-state index contributed by atoms with van der Waals surface area (Å²) >= 11 is 23.5. The smallest absolute Gasteiger partial charge is 0.157 e. The molecule has 29 heavy (non-hydrogen) atoms. The molecule has 1 aromatic rings. The lowest BCUT2D eigenvalue weighted by atomic mass is 10.2. The van der Waals surface area contributed by atoms with Crippen molar-refractivity contribution in [2.45, 2.75) is 33.3 Å². The molecule has 0 N–H and O–H groups in total. The van der Waals surface area contributed by atoms with Crippen LogP contribution in [0.2, 0.25) is 10.0 Å². The van der Waals surface area contributed by atoms with Gasteiger partial charge in [0, 0.05) is 12.1 Å². The first-order chi connectivity index (χ1) is 13.6. The van der Waals surface area contributed by atoms with Crippen LogP contribution in [0, 0.1) is 0 Å². The second-order valence-electron chi connectivity index (χ2n) is 6.85. The Labute approximate surface area is 192 Å². The largest absolute Gasteiger partial charge is 0.489 e. The van der Waals surface area contributed by atoms with Crippen molar-refractivity contribution in [2.75, 3.05) is 26.4 Å². The van der Waals surface area contributed by atoms with Crippen LogP contribution in [0.25, 0.3) is 0 Å². The molecular weight excluding hydrogens is 460 g/mol. The molecule has 0 bridgehead atoms. The molecule has 0 spiro atoms. The van der Waals surface area contributed by atoms with Crippen molar-refractivity contribution in [2.24, 2.45) is 5.16 Å². The van der Waals surface area contributed by atoms with Gasteiger partial charge in [0.2, 0.25) is 0 Å². The van der Waals surface area contributed by atoms with Gasteiger partial charge in [0.25, 0.3) is 0 Å². The minimum atomic E-state index is -0.319.